The molecule has 1 saturated heterocycles. The molecule has 1 fully saturated rings. The summed E-state index contributed by atoms with van der Waals surface area (Å²) in [5, 5.41) is 0. The van der Waals surface area contributed by atoms with E-state index < -0.39 is 0 Å². The van der Waals surface area contributed by atoms with Gasteiger partial charge in [-0.1, -0.05) is 44.0 Å². The summed E-state index contributed by atoms with van der Waals surface area (Å²) in [6, 6.07) is 21.1. The number of nitrogens with zero attached hydrogens (tertiary/aromatic N) is 5. The summed E-state index contributed by atoms with van der Waals surface area (Å²) in [7, 11) is 2.06. The van der Waals surface area contributed by atoms with Crippen molar-refractivity contribution in [1.82, 2.24) is 24.8 Å². The number of hydrogen-bond donors (Lipinski definition) is 1. The second kappa shape index (κ2) is 14.1. The molecule has 0 unspecified atom stereocenters. The molecule has 4 aromatic rings. The van der Waals surface area contributed by atoms with Crippen molar-refractivity contribution >= 4 is 17.3 Å². The Morgan fingerprint density at radius 1 is 0.902 bits per heavy atom. The highest BCUT2D eigenvalue weighted by atomic mass is 16.2. The molecule has 0 atom stereocenters. The molecule has 41 heavy (non-hydrogen) atoms. The van der Waals surface area contributed by atoms with E-state index in [0.29, 0.717) is 6.54 Å². The predicted molar refractivity (Wildman–Crippen MR) is 165 cm³/mol. The average Bonchev–Trinajstić information content (AvgIpc) is 3.54. The molecule has 2 aromatic heterocycles. The first-order valence-electron chi connectivity index (χ1n) is 14.9. The number of aromatic nitrogens is 3. The normalized spacial score (nSPS) is 14.2. The van der Waals surface area contributed by atoms with Gasteiger partial charge in [0.2, 0.25) is 0 Å². The van der Waals surface area contributed by atoms with Gasteiger partial charge in [0.15, 0.2) is 0 Å². The second-order valence-corrected chi connectivity index (χ2v) is 11.1. The molecule has 2 aromatic carbocycles. The molecule has 0 bridgehead atoms. The number of imidazole rings is 1. The SMILES string of the molecule is CCCCCc1ccc(C(=O)N(Cc2ccc(N(C)c3ccncc3)cc2)C2CCN(Cc3ncc[nH]3)CC2)cc1. The summed E-state index contributed by atoms with van der Waals surface area (Å²) in [6.07, 6.45) is 13.9. The second-order valence-electron chi connectivity index (χ2n) is 11.1. The molecule has 214 valence electrons. The van der Waals surface area contributed by atoms with Gasteiger partial charge in [0, 0.05) is 74.4 Å². The molecule has 5 rings (SSSR count). The standard InChI is InChI=1S/C34H42N6O/c1-3-4-5-6-27-7-11-29(12-8-27)34(41)40(32-17-23-39(24-18-32)26-33-36-21-22-37-33)25-28-9-13-30(14-10-28)38(2)31-15-19-35-20-16-31/h7-16,19-22,32H,3-6,17-18,23-26H2,1-2H3,(H,36,37). The highest BCUT2D eigenvalue weighted by Crippen LogP contribution is 2.26. The zero-order valence-corrected chi connectivity index (χ0v) is 24.4. The van der Waals surface area contributed by atoms with Crippen molar-refractivity contribution in [3.63, 3.8) is 0 Å². The van der Waals surface area contributed by atoms with Crippen molar-refractivity contribution < 1.29 is 4.79 Å². The number of aryl methyl sites for hydroxylation is 1. The topological polar surface area (TPSA) is 68.4 Å². The molecule has 1 aliphatic rings. The first-order chi connectivity index (χ1) is 20.1. The van der Waals surface area contributed by atoms with Gasteiger partial charge in [0.05, 0.1) is 6.54 Å². The van der Waals surface area contributed by atoms with Crippen LogP contribution >= 0.6 is 0 Å². The Balaban J connectivity index is 1.30. The first kappa shape index (κ1) is 28.6. The maximum Gasteiger partial charge on any atom is 0.254 e. The molecule has 7 nitrogen and oxygen atoms in total. The monoisotopic (exact) mass is 550 g/mol. The van der Waals surface area contributed by atoms with Gasteiger partial charge in [-0.15, -0.1) is 0 Å². The van der Waals surface area contributed by atoms with Gasteiger partial charge >= 0.3 is 0 Å². The smallest absolute Gasteiger partial charge is 0.254 e. The summed E-state index contributed by atoms with van der Waals surface area (Å²) in [5.41, 5.74) is 5.41. The predicted octanol–water partition coefficient (Wildman–Crippen LogP) is 6.61. The van der Waals surface area contributed by atoms with Gasteiger partial charge in [-0.25, -0.2) is 4.98 Å². The zero-order chi connectivity index (χ0) is 28.4. The third kappa shape index (κ3) is 7.61. The number of nitrogens with one attached hydrogen (secondary N) is 1. The number of unbranched alkanes of at least 4 members (excludes halogenated alkanes) is 2. The molecule has 1 amide bonds. The lowest BCUT2D eigenvalue weighted by atomic mass is 9.99. The molecule has 0 saturated carbocycles. The van der Waals surface area contributed by atoms with Crippen LogP contribution in [0.25, 0.3) is 0 Å². The molecule has 1 N–H and O–H groups in total. The third-order valence-corrected chi connectivity index (χ3v) is 8.18. The minimum atomic E-state index is 0.118. The van der Waals surface area contributed by atoms with Crippen molar-refractivity contribution in [3.05, 3.63) is 108 Å². The molecule has 0 aliphatic carbocycles. The van der Waals surface area contributed by atoms with Gasteiger partial charge < -0.3 is 14.8 Å². The van der Waals surface area contributed by atoms with Crippen LogP contribution in [0.2, 0.25) is 0 Å². The van der Waals surface area contributed by atoms with Gasteiger partial charge in [-0.3, -0.25) is 14.7 Å². The fraction of sp³-hybridized carbons (Fsp3) is 0.382. The molecular formula is C34H42N6O. The van der Waals surface area contributed by atoms with Crippen molar-refractivity contribution in [2.45, 2.75) is 64.6 Å². The van der Waals surface area contributed by atoms with Gasteiger partial charge in [0.1, 0.15) is 5.82 Å². The highest BCUT2D eigenvalue weighted by molar-refractivity contribution is 5.94. The van der Waals surface area contributed by atoms with E-state index in [1.54, 1.807) is 18.6 Å². The van der Waals surface area contributed by atoms with E-state index >= 15 is 0 Å². The molecular weight excluding hydrogens is 508 g/mol. The van der Waals surface area contributed by atoms with Gasteiger partial charge in [-0.05, 0) is 73.2 Å². The highest BCUT2D eigenvalue weighted by Gasteiger charge is 2.29. The Labute approximate surface area is 244 Å². The van der Waals surface area contributed by atoms with Crippen molar-refractivity contribution in [1.29, 1.82) is 0 Å². The number of benzene rings is 2. The average molecular weight is 551 g/mol. The number of carbonyl (C=O) groups is 1. The largest absolute Gasteiger partial charge is 0.348 e. The number of likely N-dealkylation sites (tertiary alicyclic amines) is 1. The van der Waals surface area contributed by atoms with Crippen LogP contribution in [0.4, 0.5) is 11.4 Å². The van der Waals surface area contributed by atoms with Crippen LogP contribution in [0, 0.1) is 0 Å². The van der Waals surface area contributed by atoms with Crippen molar-refractivity contribution in [2.75, 3.05) is 25.0 Å². The van der Waals surface area contributed by atoms with Crippen molar-refractivity contribution in [2.24, 2.45) is 0 Å². The number of pyridine rings is 1. The molecule has 3 heterocycles. The minimum absolute atomic E-state index is 0.118. The Morgan fingerprint density at radius 2 is 1.59 bits per heavy atom. The Kier molecular flexibility index (Phi) is 9.81. The number of anilines is 2. The summed E-state index contributed by atoms with van der Waals surface area (Å²) in [4.78, 5) is 32.4. The van der Waals surface area contributed by atoms with E-state index in [2.05, 4.69) is 80.0 Å². The molecule has 7 heteroatoms. The summed E-state index contributed by atoms with van der Waals surface area (Å²) in [6.45, 7) is 5.53. The van der Waals surface area contributed by atoms with Crippen LogP contribution < -0.4 is 4.90 Å². The summed E-state index contributed by atoms with van der Waals surface area (Å²) in [5.74, 6) is 1.11. The number of hydrogen-bond acceptors (Lipinski definition) is 5. The quantitative estimate of drug-likeness (QED) is 0.201. The molecule has 0 radical (unpaired) electrons. The van der Waals surface area contributed by atoms with Crippen LogP contribution in [0.15, 0.2) is 85.5 Å². The van der Waals surface area contributed by atoms with Crippen LogP contribution in [0.1, 0.15) is 66.3 Å². The van der Waals surface area contributed by atoms with E-state index in [9.17, 15) is 4.79 Å². The van der Waals surface area contributed by atoms with E-state index in [1.165, 1.54) is 24.8 Å². The number of rotatable bonds is 12. The molecule has 1 aliphatic heterocycles. The lowest BCUT2D eigenvalue weighted by Gasteiger charge is -2.38. The third-order valence-electron chi connectivity index (χ3n) is 8.18. The Morgan fingerprint density at radius 3 is 2.24 bits per heavy atom. The van der Waals surface area contributed by atoms with Crippen LogP contribution in [-0.2, 0) is 19.5 Å². The van der Waals surface area contributed by atoms with Gasteiger partial charge in [-0.2, -0.15) is 0 Å². The summed E-state index contributed by atoms with van der Waals surface area (Å²) < 4.78 is 0. The van der Waals surface area contributed by atoms with Crippen LogP contribution in [-0.4, -0.2) is 56.8 Å². The Bertz CT molecular complexity index is 1330. The van der Waals surface area contributed by atoms with E-state index in [-0.39, 0.29) is 11.9 Å². The van der Waals surface area contributed by atoms with E-state index in [0.717, 1.165) is 67.2 Å². The lowest BCUT2D eigenvalue weighted by Crippen LogP contribution is -2.47. The Hall–Kier alpha value is -3.97. The molecule has 0 spiro atoms. The number of H-pyrrole nitrogens is 1. The first-order valence-corrected chi connectivity index (χ1v) is 14.9. The van der Waals surface area contributed by atoms with Gasteiger partial charge in [0.25, 0.3) is 5.91 Å². The van der Waals surface area contributed by atoms with Crippen molar-refractivity contribution in [3.8, 4) is 0 Å². The zero-order valence-electron chi connectivity index (χ0n) is 24.4. The number of carbonyl (C=O) groups excluding carboxylic acids is 1. The number of amides is 1. The maximum absolute atomic E-state index is 14.0. The number of aromatic amines is 1. The van der Waals surface area contributed by atoms with Crippen LogP contribution in [0.5, 0.6) is 0 Å². The van der Waals surface area contributed by atoms with E-state index in [1.807, 2.05) is 30.5 Å². The maximum atomic E-state index is 14.0. The minimum Gasteiger partial charge on any atom is -0.348 e. The summed E-state index contributed by atoms with van der Waals surface area (Å²) >= 11 is 0. The fourth-order valence-corrected chi connectivity index (χ4v) is 5.65. The number of piperidine rings is 1. The van der Waals surface area contributed by atoms with E-state index in [4.69, 9.17) is 0 Å². The lowest BCUT2D eigenvalue weighted by molar-refractivity contribution is 0.0540. The fourth-order valence-electron chi connectivity index (χ4n) is 5.65. The van der Waals surface area contributed by atoms with Crippen LogP contribution in [0.3, 0.4) is 0 Å².